The first-order valence-corrected chi connectivity index (χ1v) is 9.89. The lowest BCUT2D eigenvalue weighted by Crippen LogP contribution is -2.30. The van der Waals surface area contributed by atoms with Gasteiger partial charge in [0, 0.05) is 18.2 Å². The van der Waals surface area contributed by atoms with Crippen LogP contribution in [-0.2, 0) is 16.0 Å². The number of aryl methyl sites for hydroxylation is 1. The van der Waals surface area contributed by atoms with Crippen LogP contribution in [0, 0.1) is 6.92 Å². The quantitative estimate of drug-likeness (QED) is 0.571. The van der Waals surface area contributed by atoms with Crippen molar-refractivity contribution in [2.24, 2.45) is 0 Å². The Morgan fingerprint density at radius 2 is 2.00 bits per heavy atom. The molecule has 1 aromatic carbocycles. The molecular formula is C22H23N3O5. The molecule has 1 aliphatic carbocycles. The van der Waals surface area contributed by atoms with Crippen LogP contribution in [0.2, 0.25) is 0 Å². The van der Waals surface area contributed by atoms with Crippen LogP contribution in [0.5, 0.6) is 5.75 Å². The van der Waals surface area contributed by atoms with Gasteiger partial charge < -0.3 is 19.3 Å². The number of aromatic nitrogens is 2. The molecule has 30 heavy (non-hydrogen) atoms. The second-order valence-corrected chi connectivity index (χ2v) is 7.34. The molecule has 1 amide bonds. The van der Waals surface area contributed by atoms with Gasteiger partial charge in [-0.05, 0) is 49.9 Å². The van der Waals surface area contributed by atoms with E-state index in [1.54, 1.807) is 20.1 Å². The fraction of sp³-hybridized carbons (Fsp3) is 0.364. The molecule has 0 bridgehead atoms. The number of carbonyl (C=O) groups excluding carboxylic acids is 2. The molecule has 2 aromatic heterocycles. The van der Waals surface area contributed by atoms with Crippen LogP contribution in [0.1, 0.15) is 46.1 Å². The van der Waals surface area contributed by atoms with E-state index in [0.717, 1.165) is 29.8 Å². The summed E-state index contributed by atoms with van der Waals surface area (Å²) in [5.41, 5.74) is 3.10. The molecule has 0 spiro atoms. The van der Waals surface area contributed by atoms with Gasteiger partial charge in [-0.25, -0.2) is 9.78 Å². The molecule has 1 N–H and O–H groups in total. The molecule has 1 aliphatic rings. The zero-order valence-electron chi connectivity index (χ0n) is 16.9. The van der Waals surface area contributed by atoms with Crippen molar-refractivity contribution >= 4 is 23.0 Å². The predicted octanol–water partition coefficient (Wildman–Crippen LogP) is 2.93. The molecule has 0 radical (unpaired) electrons. The number of rotatable bonds is 8. The summed E-state index contributed by atoms with van der Waals surface area (Å²) in [5, 5.41) is 7.19. The van der Waals surface area contributed by atoms with Crippen molar-refractivity contribution < 1.29 is 23.6 Å². The zero-order valence-corrected chi connectivity index (χ0v) is 16.9. The highest BCUT2D eigenvalue weighted by molar-refractivity contribution is 6.03. The van der Waals surface area contributed by atoms with Crippen LogP contribution in [0.25, 0.3) is 11.1 Å². The van der Waals surface area contributed by atoms with Crippen LogP contribution in [0.15, 0.2) is 34.9 Å². The molecule has 0 saturated heterocycles. The lowest BCUT2D eigenvalue weighted by molar-refractivity contribution is -0.124. The molecule has 1 saturated carbocycles. The summed E-state index contributed by atoms with van der Waals surface area (Å²) < 4.78 is 15.6. The Morgan fingerprint density at radius 1 is 1.23 bits per heavy atom. The minimum atomic E-state index is -0.582. The number of nitrogens with zero attached hydrogens (tertiary/aromatic N) is 2. The smallest absolute Gasteiger partial charge is 0.339 e. The summed E-state index contributed by atoms with van der Waals surface area (Å²) >= 11 is 0. The second kappa shape index (κ2) is 8.52. The van der Waals surface area contributed by atoms with Crippen LogP contribution >= 0.6 is 0 Å². The monoisotopic (exact) mass is 409 g/mol. The van der Waals surface area contributed by atoms with Gasteiger partial charge in [0.05, 0.1) is 23.8 Å². The lowest BCUT2D eigenvalue weighted by Gasteiger charge is -2.08. The minimum absolute atomic E-state index is 0.327. The van der Waals surface area contributed by atoms with Crippen molar-refractivity contribution in [3.63, 3.8) is 0 Å². The van der Waals surface area contributed by atoms with Gasteiger partial charge in [0.15, 0.2) is 6.61 Å². The van der Waals surface area contributed by atoms with E-state index in [2.05, 4.69) is 15.5 Å². The molecule has 2 heterocycles. The van der Waals surface area contributed by atoms with Gasteiger partial charge in [0.1, 0.15) is 5.75 Å². The summed E-state index contributed by atoms with van der Waals surface area (Å²) in [7, 11) is 1.62. The highest BCUT2D eigenvalue weighted by Crippen LogP contribution is 2.40. The van der Waals surface area contributed by atoms with Crippen molar-refractivity contribution in [2.75, 3.05) is 20.3 Å². The fourth-order valence-electron chi connectivity index (χ4n) is 3.26. The van der Waals surface area contributed by atoms with E-state index in [9.17, 15) is 9.59 Å². The second-order valence-electron chi connectivity index (χ2n) is 7.34. The third-order valence-corrected chi connectivity index (χ3v) is 5.08. The molecule has 4 rings (SSSR count). The number of hydrogen-bond acceptors (Lipinski definition) is 7. The normalized spacial score (nSPS) is 13.3. The number of esters is 1. The number of amides is 1. The third kappa shape index (κ3) is 4.42. The Hall–Kier alpha value is -3.42. The summed E-state index contributed by atoms with van der Waals surface area (Å²) in [6, 6.07) is 9.36. The van der Waals surface area contributed by atoms with Gasteiger partial charge in [-0.1, -0.05) is 17.3 Å². The minimum Gasteiger partial charge on any atom is -0.497 e. The first kappa shape index (κ1) is 19.9. The van der Waals surface area contributed by atoms with E-state index in [1.807, 2.05) is 24.3 Å². The Morgan fingerprint density at radius 3 is 2.70 bits per heavy atom. The van der Waals surface area contributed by atoms with E-state index in [1.165, 1.54) is 0 Å². The van der Waals surface area contributed by atoms with Crippen LogP contribution in [0.4, 0.5) is 0 Å². The SMILES string of the molecule is COc1ccc(CCNC(=O)COC(=O)c2cc(C3CC3)nc3onc(C)c23)cc1. The maximum absolute atomic E-state index is 12.7. The molecular weight excluding hydrogens is 386 g/mol. The van der Waals surface area contributed by atoms with Gasteiger partial charge in [-0.15, -0.1) is 0 Å². The summed E-state index contributed by atoms with van der Waals surface area (Å²) in [6.07, 6.45) is 2.74. The van der Waals surface area contributed by atoms with E-state index in [0.29, 0.717) is 41.2 Å². The van der Waals surface area contributed by atoms with Crippen molar-refractivity contribution in [1.82, 2.24) is 15.5 Å². The summed E-state index contributed by atoms with van der Waals surface area (Å²) in [6.45, 7) is 1.83. The number of methoxy groups -OCH3 is 1. The molecule has 156 valence electrons. The summed E-state index contributed by atoms with van der Waals surface area (Å²) in [4.78, 5) is 29.2. The topological polar surface area (TPSA) is 104 Å². The lowest BCUT2D eigenvalue weighted by atomic mass is 10.1. The molecule has 0 unspecified atom stereocenters. The van der Waals surface area contributed by atoms with E-state index in [-0.39, 0.29) is 12.5 Å². The third-order valence-electron chi connectivity index (χ3n) is 5.08. The molecule has 8 nitrogen and oxygen atoms in total. The van der Waals surface area contributed by atoms with Gasteiger partial charge in [0.25, 0.3) is 11.6 Å². The summed E-state index contributed by atoms with van der Waals surface area (Å²) in [5.74, 6) is 0.188. The Balaban J connectivity index is 1.33. The number of benzene rings is 1. The number of hydrogen-bond donors (Lipinski definition) is 1. The van der Waals surface area contributed by atoms with E-state index < -0.39 is 5.97 Å². The largest absolute Gasteiger partial charge is 0.497 e. The van der Waals surface area contributed by atoms with Crippen LogP contribution in [-0.4, -0.2) is 42.3 Å². The van der Waals surface area contributed by atoms with Crippen molar-refractivity contribution in [1.29, 1.82) is 0 Å². The van der Waals surface area contributed by atoms with Gasteiger partial charge in [0.2, 0.25) is 0 Å². The van der Waals surface area contributed by atoms with Gasteiger partial charge >= 0.3 is 5.97 Å². The number of nitrogens with one attached hydrogen (secondary N) is 1. The average Bonchev–Trinajstić information content (AvgIpc) is 3.55. The molecule has 1 fully saturated rings. The first-order valence-electron chi connectivity index (χ1n) is 9.89. The maximum Gasteiger partial charge on any atom is 0.339 e. The molecule has 3 aromatic rings. The standard InChI is InChI=1S/C22H23N3O5/c1-13-20-17(11-18(15-5-6-15)24-21(20)30-25-13)22(27)29-12-19(26)23-10-9-14-3-7-16(28-2)8-4-14/h3-4,7-8,11,15H,5-6,9-10,12H2,1-2H3,(H,23,26). The predicted molar refractivity (Wildman–Crippen MR) is 109 cm³/mol. The highest BCUT2D eigenvalue weighted by atomic mass is 16.5. The Labute approximate surface area is 173 Å². The van der Waals surface area contributed by atoms with E-state index >= 15 is 0 Å². The van der Waals surface area contributed by atoms with Crippen molar-refractivity contribution in [3.8, 4) is 5.75 Å². The first-order chi connectivity index (χ1) is 14.5. The highest BCUT2D eigenvalue weighted by Gasteiger charge is 2.29. The number of ether oxygens (including phenoxy) is 2. The van der Waals surface area contributed by atoms with Gasteiger partial charge in [-0.3, -0.25) is 4.79 Å². The van der Waals surface area contributed by atoms with Crippen LogP contribution < -0.4 is 10.1 Å². The average molecular weight is 409 g/mol. The van der Waals surface area contributed by atoms with Crippen LogP contribution in [0.3, 0.4) is 0 Å². The fourth-order valence-corrected chi connectivity index (χ4v) is 3.26. The molecule has 0 atom stereocenters. The Bertz CT molecular complexity index is 1070. The molecule has 0 aliphatic heterocycles. The zero-order chi connectivity index (χ0) is 21.1. The Kier molecular flexibility index (Phi) is 5.65. The number of fused-ring (bicyclic) bond motifs is 1. The van der Waals surface area contributed by atoms with Gasteiger partial charge in [-0.2, -0.15) is 0 Å². The maximum atomic E-state index is 12.7. The number of pyridine rings is 1. The number of carbonyl (C=O) groups is 2. The molecule has 8 heteroatoms. The van der Waals surface area contributed by atoms with Crippen molar-refractivity contribution in [2.45, 2.75) is 32.1 Å². The van der Waals surface area contributed by atoms with Crippen molar-refractivity contribution in [3.05, 3.63) is 52.8 Å². The van der Waals surface area contributed by atoms with E-state index in [4.69, 9.17) is 14.0 Å².